The van der Waals surface area contributed by atoms with Crippen LogP contribution in [0, 0.1) is 19.0 Å². The van der Waals surface area contributed by atoms with Crippen molar-refractivity contribution in [3.63, 3.8) is 0 Å². The molecule has 0 fully saturated rings. The molecule has 0 saturated heterocycles. The Morgan fingerprint density at radius 3 is 2.26 bits per heavy atom. The van der Waals surface area contributed by atoms with E-state index in [1.807, 2.05) is 98.9 Å². The van der Waals surface area contributed by atoms with E-state index in [9.17, 15) is 0 Å². The molecule has 0 unspecified atom stereocenters. The van der Waals surface area contributed by atoms with Gasteiger partial charge in [0.25, 0.3) is 0 Å². The molecule has 46 heavy (non-hydrogen) atoms. The van der Waals surface area contributed by atoms with Crippen molar-refractivity contribution in [2.75, 3.05) is 0 Å². The number of rotatable bonds is 5. The molecule has 3 nitrogen and oxygen atoms in total. The first-order valence-corrected chi connectivity index (χ1v) is 18.6. The van der Waals surface area contributed by atoms with Crippen LogP contribution in [0.15, 0.2) is 120 Å². The predicted molar refractivity (Wildman–Crippen MR) is 192 cm³/mol. The molecular formula is C41H38IrN2OSi-2. The summed E-state index contributed by atoms with van der Waals surface area (Å²) in [5, 5.41) is 3.35. The third-order valence-electron chi connectivity index (χ3n) is 7.86. The molecule has 0 aliphatic heterocycles. The molecule has 233 valence electrons. The molecule has 7 rings (SSSR count). The number of benzene rings is 4. The minimum absolute atomic E-state index is 0. The van der Waals surface area contributed by atoms with E-state index in [1.165, 1.54) is 5.19 Å². The summed E-state index contributed by atoms with van der Waals surface area (Å²) in [6.45, 7) is 8.58. The first-order chi connectivity index (χ1) is 23.2. The number of fused-ring (bicyclic) bond motifs is 3. The Balaban J connectivity index is 0.000000241. The van der Waals surface area contributed by atoms with Crippen LogP contribution in [0.4, 0.5) is 0 Å². The quantitative estimate of drug-likeness (QED) is 0.129. The fourth-order valence-corrected chi connectivity index (χ4v) is 6.24. The molecule has 1 radical (unpaired) electrons. The van der Waals surface area contributed by atoms with E-state index in [2.05, 4.69) is 53.9 Å². The fraction of sp³-hybridized carbons (Fsp3) is 0.171. The second kappa shape index (κ2) is 14.1. The Kier molecular flexibility index (Phi) is 8.61. The van der Waals surface area contributed by atoms with Gasteiger partial charge in [-0.3, -0.25) is 0 Å². The molecule has 3 aromatic heterocycles. The third-order valence-corrected chi connectivity index (χ3v) is 9.89. The number of pyridine rings is 2. The van der Waals surface area contributed by atoms with E-state index < -0.39 is 20.8 Å². The predicted octanol–water partition coefficient (Wildman–Crippen LogP) is 10.6. The molecule has 0 atom stereocenters. The number of aryl methyl sites for hydroxylation is 1. The second-order valence-corrected chi connectivity index (χ2v) is 17.5. The maximum Gasteiger partial charge on any atom is 0.121 e. The minimum atomic E-state index is -2.12. The summed E-state index contributed by atoms with van der Waals surface area (Å²) in [6.07, 6.45) is 3.74. The second-order valence-electron chi connectivity index (χ2n) is 12.4. The minimum Gasteiger partial charge on any atom is -0.501 e. The van der Waals surface area contributed by atoms with Crippen molar-refractivity contribution < 1.29 is 30.0 Å². The van der Waals surface area contributed by atoms with Gasteiger partial charge < -0.3 is 14.4 Å². The zero-order chi connectivity index (χ0) is 35.0. The average molecular weight is 799 g/mol. The van der Waals surface area contributed by atoms with Gasteiger partial charge in [0.05, 0.1) is 13.7 Å². The Bertz CT molecular complexity index is 2220. The van der Waals surface area contributed by atoms with E-state index in [1.54, 1.807) is 18.3 Å². The maximum atomic E-state index is 8.34. The molecule has 7 aromatic rings. The number of hydrogen-bond acceptors (Lipinski definition) is 3. The molecule has 3 heterocycles. The van der Waals surface area contributed by atoms with Crippen LogP contribution < -0.4 is 5.19 Å². The summed E-state index contributed by atoms with van der Waals surface area (Å²) < 4.78 is 37.3. The molecule has 0 saturated carbocycles. The first kappa shape index (κ1) is 28.1. The van der Waals surface area contributed by atoms with E-state index in [0.29, 0.717) is 11.1 Å². The molecule has 0 spiro atoms. The van der Waals surface area contributed by atoms with Crippen LogP contribution in [0.1, 0.15) is 36.4 Å². The molecule has 0 aliphatic rings. The summed E-state index contributed by atoms with van der Waals surface area (Å²) in [7, 11) is -1.23. The van der Waals surface area contributed by atoms with Gasteiger partial charge in [0.2, 0.25) is 0 Å². The third kappa shape index (κ3) is 7.29. The summed E-state index contributed by atoms with van der Waals surface area (Å²) in [5.41, 5.74) is 8.04. The van der Waals surface area contributed by atoms with Crippen molar-refractivity contribution in [1.82, 2.24) is 9.97 Å². The van der Waals surface area contributed by atoms with Gasteiger partial charge in [-0.2, -0.15) is 0 Å². The van der Waals surface area contributed by atoms with Crippen LogP contribution in [0.25, 0.3) is 55.6 Å². The van der Waals surface area contributed by atoms with Crippen molar-refractivity contribution in [2.24, 2.45) is 0 Å². The summed E-state index contributed by atoms with van der Waals surface area (Å²) >= 11 is 0. The average Bonchev–Trinajstić information content (AvgIpc) is 3.46. The van der Waals surface area contributed by atoms with Crippen molar-refractivity contribution in [2.45, 2.75) is 46.2 Å². The Morgan fingerprint density at radius 2 is 1.59 bits per heavy atom. The van der Waals surface area contributed by atoms with Gasteiger partial charge in [-0.1, -0.05) is 110 Å². The Labute approximate surface area is 292 Å². The summed E-state index contributed by atoms with van der Waals surface area (Å²) in [4.78, 5) is 9.03. The SMILES string of the molecule is C[Si](C)(C)c1ccc(-c2[c-]cccc2)nc1.[2H]C([2H])([2H])c1ccc(-c2ccc3c(c2)oc2c(-c4cc(C([2H])(C)C)ccn4)[c-]ccc23)cc1.[Ir]. The number of furan rings is 1. The van der Waals surface area contributed by atoms with Crippen molar-refractivity contribution in [1.29, 1.82) is 0 Å². The van der Waals surface area contributed by atoms with Gasteiger partial charge in [-0.25, -0.2) is 0 Å². The zero-order valence-electron chi connectivity index (χ0n) is 30.6. The normalized spacial score (nSPS) is 13.1. The molecule has 5 heteroatoms. The zero-order valence-corrected chi connectivity index (χ0v) is 30.0. The van der Waals surface area contributed by atoms with E-state index in [0.717, 1.165) is 55.6 Å². The Morgan fingerprint density at radius 1 is 0.783 bits per heavy atom. The summed E-state index contributed by atoms with van der Waals surface area (Å²) in [5.74, 6) is -0.733. The number of hydrogen-bond donors (Lipinski definition) is 0. The van der Waals surface area contributed by atoms with E-state index in [-0.39, 0.29) is 20.1 Å². The van der Waals surface area contributed by atoms with Crippen LogP contribution in [0.5, 0.6) is 0 Å². The Hall–Kier alpha value is -4.15. The van der Waals surface area contributed by atoms with Gasteiger partial charge in [-0.15, -0.1) is 54.1 Å². The van der Waals surface area contributed by atoms with Crippen molar-refractivity contribution in [3.8, 4) is 33.6 Å². The summed E-state index contributed by atoms with van der Waals surface area (Å²) in [6, 6.07) is 39.3. The van der Waals surface area contributed by atoms with Crippen molar-refractivity contribution in [3.05, 3.63) is 139 Å². The standard InChI is InChI=1S/C27H22NO.C14H16NSi.Ir/c1-17(2)20-13-14-28-25(15-20)24-6-4-5-23-22-12-11-21(16-26(22)29-27(23)24)19-9-7-18(3)8-10-19;1-16(2,3)13-9-10-14(15-11-13)12-7-5-4-6-8-12;/h4-5,7-17H,1-3H3;4-7,9-11H,1-3H3;/q2*-1;/i3D3,17D;;. The molecule has 0 aliphatic carbocycles. The number of aromatic nitrogens is 2. The molecule has 4 aromatic carbocycles. The van der Waals surface area contributed by atoms with Gasteiger partial charge in [0.15, 0.2) is 0 Å². The first-order valence-electron chi connectivity index (χ1n) is 17.1. The molecule has 0 N–H and O–H groups in total. The van der Waals surface area contributed by atoms with Crippen molar-refractivity contribution >= 4 is 35.2 Å². The monoisotopic (exact) mass is 799 g/mol. The van der Waals surface area contributed by atoms with Gasteiger partial charge in [-0.05, 0) is 52.6 Å². The van der Waals surface area contributed by atoms with Crippen LogP contribution in [-0.4, -0.2) is 18.0 Å². The molecule has 0 bridgehead atoms. The van der Waals surface area contributed by atoms with Crippen LogP contribution in [0.3, 0.4) is 0 Å². The van der Waals surface area contributed by atoms with Gasteiger partial charge >= 0.3 is 0 Å². The van der Waals surface area contributed by atoms with Crippen LogP contribution >= 0.6 is 0 Å². The van der Waals surface area contributed by atoms with Gasteiger partial charge in [0.1, 0.15) is 5.58 Å². The van der Waals surface area contributed by atoms with Crippen LogP contribution in [0.2, 0.25) is 19.6 Å². The van der Waals surface area contributed by atoms with Gasteiger partial charge in [0, 0.05) is 43.4 Å². The van der Waals surface area contributed by atoms with E-state index in [4.69, 9.17) is 9.90 Å². The number of nitrogens with zero attached hydrogens (tertiary/aromatic N) is 2. The maximum absolute atomic E-state index is 8.34. The smallest absolute Gasteiger partial charge is 0.121 e. The largest absolute Gasteiger partial charge is 0.501 e. The molecular weight excluding hydrogens is 757 g/mol. The van der Waals surface area contributed by atoms with E-state index >= 15 is 0 Å². The fourth-order valence-electron chi connectivity index (χ4n) is 5.20. The topological polar surface area (TPSA) is 38.9 Å². The van der Waals surface area contributed by atoms with Crippen LogP contribution in [-0.2, 0) is 20.1 Å². The molecule has 0 amide bonds.